The van der Waals surface area contributed by atoms with Crippen LogP contribution in [0.15, 0.2) is 48.5 Å². The number of ether oxygens (including phenoxy) is 1. The Kier molecular flexibility index (Phi) is 7.21. The predicted molar refractivity (Wildman–Crippen MR) is 115 cm³/mol. The molecule has 0 aliphatic heterocycles. The maximum atomic E-state index is 13.0. The highest BCUT2D eigenvalue weighted by atomic mass is 16.5. The van der Waals surface area contributed by atoms with Crippen LogP contribution < -0.4 is 10.6 Å². The van der Waals surface area contributed by atoms with Crippen molar-refractivity contribution in [2.24, 2.45) is 0 Å². The highest BCUT2D eigenvalue weighted by Gasteiger charge is 2.40. The molecule has 1 aliphatic rings. The molecule has 1 saturated carbocycles. The topological polar surface area (TPSA) is 91.2 Å². The molecule has 1 fully saturated rings. The Morgan fingerprint density at radius 3 is 2.30 bits per heavy atom. The number of nitrogens with zero attached hydrogens (tertiary/aromatic N) is 1. The number of nitrogens with one attached hydrogen (secondary N) is 2. The van der Waals surface area contributed by atoms with Gasteiger partial charge in [0.1, 0.15) is 0 Å². The summed E-state index contributed by atoms with van der Waals surface area (Å²) in [7, 11) is 1.62. The van der Waals surface area contributed by atoms with E-state index in [2.05, 4.69) is 10.6 Å². The smallest absolute Gasteiger partial charge is 0.255 e. The van der Waals surface area contributed by atoms with Crippen LogP contribution in [0.25, 0.3) is 0 Å². The number of benzene rings is 2. The minimum absolute atomic E-state index is 0.0496. The molecule has 3 rings (SSSR count). The summed E-state index contributed by atoms with van der Waals surface area (Å²) in [6, 6.07) is 16.1. The van der Waals surface area contributed by atoms with Crippen molar-refractivity contribution in [2.75, 3.05) is 25.6 Å². The summed E-state index contributed by atoms with van der Waals surface area (Å²) in [5.74, 6) is -0.189. The fourth-order valence-electron chi connectivity index (χ4n) is 4.01. The maximum Gasteiger partial charge on any atom is 0.255 e. The van der Waals surface area contributed by atoms with E-state index in [1.165, 1.54) is 0 Å². The van der Waals surface area contributed by atoms with E-state index in [0.29, 0.717) is 30.0 Å². The Bertz CT molecular complexity index is 908. The number of amides is 2. The molecular weight excluding hydrogens is 378 g/mol. The number of nitriles is 1. The van der Waals surface area contributed by atoms with Gasteiger partial charge >= 0.3 is 0 Å². The molecule has 0 heterocycles. The van der Waals surface area contributed by atoms with Gasteiger partial charge in [0.05, 0.1) is 23.7 Å². The lowest BCUT2D eigenvalue weighted by atomic mass is 9.68. The standard InChI is InChI=1S/C24H27N3O3/c1-30-16-15-26-23(29)24(13-3-2-4-14-24)20-9-11-21(12-10-20)27-22(28)19-7-5-18(17-25)6-8-19/h5-12H,2-4,13-16H2,1H3,(H,26,29)(H,27,28). The second kappa shape index (κ2) is 10.0. The molecule has 0 radical (unpaired) electrons. The molecule has 2 aromatic rings. The van der Waals surface area contributed by atoms with Gasteiger partial charge in [-0.2, -0.15) is 5.26 Å². The number of rotatable bonds is 7. The SMILES string of the molecule is COCCNC(=O)C1(c2ccc(NC(=O)c3ccc(C#N)cc3)cc2)CCCCC1. The van der Waals surface area contributed by atoms with Crippen LogP contribution in [0.1, 0.15) is 53.6 Å². The van der Waals surface area contributed by atoms with Gasteiger partial charge in [0.2, 0.25) is 5.91 Å². The van der Waals surface area contributed by atoms with E-state index in [-0.39, 0.29) is 11.8 Å². The van der Waals surface area contributed by atoms with E-state index in [9.17, 15) is 9.59 Å². The summed E-state index contributed by atoms with van der Waals surface area (Å²) in [6.07, 6.45) is 4.83. The average molecular weight is 405 g/mol. The number of anilines is 1. The average Bonchev–Trinajstić information content (AvgIpc) is 2.80. The lowest BCUT2D eigenvalue weighted by Crippen LogP contribution is -2.46. The minimum Gasteiger partial charge on any atom is -0.383 e. The van der Waals surface area contributed by atoms with Gasteiger partial charge in [-0.05, 0) is 54.8 Å². The third-order valence-corrected chi connectivity index (χ3v) is 5.71. The molecule has 0 aromatic heterocycles. The second-order valence-electron chi connectivity index (χ2n) is 7.61. The van der Waals surface area contributed by atoms with Crippen molar-refractivity contribution in [3.8, 4) is 6.07 Å². The first-order valence-electron chi connectivity index (χ1n) is 10.3. The van der Waals surface area contributed by atoms with Crippen LogP contribution in [0.5, 0.6) is 0 Å². The Morgan fingerprint density at radius 1 is 1.03 bits per heavy atom. The predicted octanol–water partition coefficient (Wildman–Crippen LogP) is 3.78. The zero-order chi connectivity index (χ0) is 21.4. The van der Waals surface area contributed by atoms with Gasteiger partial charge in [0, 0.05) is 24.9 Å². The summed E-state index contributed by atoms with van der Waals surface area (Å²) in [5.41, 5.74) is 2.12. The molecule has 156 valence electrons. The van der Waals surface area contributed by atoms with Crippen LogP contribution in [0.3, 0.4) is 0 Å². The molecule has 6 heteroatoms. The van der Waals surface area contributed by atoms with Crippen LogP contribution in [-0.2, 0) is 14.9 Å². The first kappa shape index (κ1) is 21.5. The Hall–Kier alpha value is -3.17. The van der Waals surface area contributed by atoms with Crippen molar-refractivity contribution >= 4 is 17.5 Å². The molecular formula is C24H27N3O3. The quantitative estimate of drug-likeness (QED) is 0.686. The number of hydrogen-bond acceptors (Lipinski definition) is 4. The fraction of sp³-hybridized carbons (Fsp3) is 0.375. The van der Waals surface area contributed by atoms with Crippen LogP contribution >= 0.6 is 0 Å². The highest BCUT2D eigenvalue weighted by molar-refractivity contribution is 6.04. The van der Waals surface area contributed by atoms with Gasteiger partial charge in [0.25, 0.3) is 5.91 Å². The number of hydrogen-bond donors (Lipinski definition) is 2. The van der Waals surface area contributed by atoms with Crippen molar-refractivity contribution < 1.29 is 14.3 Å². The van der Waals surface area contributed by atoms with Crippen molar-refractivity contribution in [3.05, 3.63) is 65.2 Å². The van der Waals surface area contributed by atoms with Gasteiger partial charge in [-0.25, -0.2) is 0 Å². The Labute approximate surface area is 177 Å². The first-order chi connectivity index (χ1) is 14.6. The zero-order valence-electron chi connectivity index (χ0n) is 17.2. The number of methoxy groups -OCH3 is 1. The highest BCUT2D eigenvalue weighted by Crippen LogP contribution is 2.40. The zero-order valence-corrected chi connectivity index (χ0v) is 17.2. The molecule has 2 N–H and O–H groups in total. The number of carbonyl (C=O) groups excluding carboxylic acids is 2. The molecule has 0 unspecified atom stereocenters. The normalized spacial score (nSPS) is 15.1. The molecule has 0 spiro atoms. The van der Waals surface area contributed by atoms with E-state index in [1.54, 1.807) is 31.4 Å². The summed E-state index contributed by atoms with van der Waals surface area (Å²) in [6.45, 7) is 0.984. The minimum atomic E-state index is -0.526. The van der Waals surface area contributed by atoms with Gasteiger partial charge in [-0.3, -0.25) is 9.59 Å². The molecule has 1 aliphatic carbocycles. The van der Waals surface area contributed by atoms with Crippen molar-refractivity contribution in [1.82, 2.24) is 5.32 Å². The lowest BCUT2D eigenvalue weighted by Gasteiger charge is -2.36. The fourth-order valence-corrected chi connectivity index (χ4v) is 4.01. The van der Waals surface area contributed by atoms with Gasteiger partial charge in [-0.15, -0.1) is 0 Å². The van der Waals surface area contributed by atoms with E-state index < -0.39 is 5.41 Å². The molecule has 30 heavy (non-hydrogen) atoms. The van der Waals surface area contributed by atoms with Crippen LogP contribution in [0.4, 0.5) is 5.69 Å². The third kappa shape index (κ3) is 4.87. The third-order valence-electron chi connectivity index (χ3n) is 5.71. The maximum absolute atomic E-state index is 13.0. The van der Waals surface area contributed by atoms with Crippen LogP contribution in [-0.4, -0.2) is 32.1 Å². The summed E-state index contributed by atoms with van der Waals surface area (Å²) in [5, 5.41) is 14.8. The molecule has 2 amide bonds. The van der Waals surface area contributed by atoms with Crippen LogP contribution in [0, 0.1) is 11.3 Å². The van der Waals surface area contributed by atoms with Crippen LogP contribution in [0.2, 0.25) is 0 Å². The van der Waals surface area contributed by atoms with E-state index in [1.807, 2.05) is 30.3 Å². The Balaban J connectivity index is 1.73. The molecule has 0 bridgehead atoms. The van der Waals surface area contributed by atoms with E-state index >= 15 is 0 Å². The summed E-state index contributed by atoms with van der Waals surface area (Å²) in [4.78, 5) is 25.5. The van der Waals surface area contributed by atoms with Crippen molar-refractivity contribution in [1.29, 1.82) is 5.26 Å². The Morgan fingerprint density at radius 2 is 1.70 bits per heavy atom. The van der Waals surface area contributed by atoms with E-state index in [0.717, 1.165) is 37.7 Å². The van der Waals surface area contributed by atoms with Crippen molar-refractivity contribution in [2.45, 2.75) is 37.5 Å². The second-order valence-corrected chi connectivity index (χ2v) is 7.61. The molecule has 6 nitrogen and oxygen atoms in total. The van der Waals surface area contributed by atoms with E-state index in [4.69, 9.17) is 10.00 Å². The molecule has 0 saturated heterocycles. The monoisotopic (exact) mass is 405 g/mol. The summed E-state index contributed by atoms with van der Waals surface area (Å²) >= 11 is 0. The largest absolute Gasteiger partial charge is 0.383 e. The molecule has 0 atom stereocenters. The lowest BCUT2D eigenvalue weighted by molar-refractivity contribution is -0.128. The van der Waals surface area contributed by atoms with Gasteiger partial charge in [-0.1, -0.05) is 31.4 Å². The molecule has 2 aromatic carbocycles. The first-order valence-corrected chi connectivity index (χ1v) is 10.3. The summed E-state index contributed by atoms with van der Waals surface area (Å²) < 4.78 is 5.05. The number of carbonyl (C=O) groups is 2. The van der Waals surface area contributed by atoms with Crippen molar-refractivity contribution in [3.63, 3.8) is 0 Å². The van der Waals surface area contributed by atoms with Gasteiger partial charge in [0.15, 0.2) is 0 Å². The van der Waals surface area contributed by atoms with Gasteiger partial charge < -0.3 is 15.4 Å².